The van der Waals surface area contributed by atoms with Gasteiger partial charge < -0.3 is 14.4 Å². The molecule has 1 aromatic carbocycles. The minimum Gasteiger partial charge on any atom is -0.486 e. The molecular weight excluding hydrogens is 352 g/mol. The second-order valence-corrected chi connectivity index (χ2v) is 7.28. The van der Waals surface area contributed by atoms with E-state index < -0.39 is 12.1 Å². The van der Waals surface area contributed by atoms with Crippen molar-refractivity contribution in [1.29, 1.82) is 0 Å². The molecule has 1 amide bonds. The minimum atomic E-state index is -0.810. The quantitative estimate of drug-likeness (QED) is 0.727. The number of ether oxygens (including phenoxy) is 2. The van der Waals surface area contributed by atoms with Crippen LogP contribution in [0.1, 0.15) is 40.8 Å². The molecule has 1 aliphatic rings. The molecule has 138 valence electrons. The van der Waals surface area contributed by atoms with E-state index >= 15 is 0 Å². The average molecular weight is 374 g/mol. The zero-order valence-corrected chi connectivity index (χ0v) is 15.8. The first kappa shape index (κ1) is 18.4. The maximum atomic E-state index is 12.5. The van der Waals surface area contributed by atoms with Crippen LogP contribution in [0.4, 0.5) is 0 Å². The third-order valence-corrected chi connectivity index (χ3v) is 5.02. The Morgan fingerprint density at radius 3 is 2.69 bits per heavy atom. The molecular formula is C19H22N2O4S. The smallest absolute Gasteiger partial charge is 0.342 e. The molecule has 0 N–H and O–H groups in total. The van der Waals surface area contributed by atoms with Gasteiger partial charge in [0.2, 0.25) is 0 Å². The summed E-state index contributed by atoms with van der Waals surface area (Å²) in [6, 6.07) is 6.88. The van der Waals surface area contributed by atoms with Crippen LogP contribution in [-0.2, 0) is 16.1 Å². The Hall–Kier alpha value is -2.41. The van der Waals surface area contributed by atoms with E-state index in [4.69, 9.17) is 9.47 Å². The lowest BCUT2D eigenvalue weighted by atomic mass is 10.2. The molecule has 0 bridgehead atoms. The van der Waals surface area contributed by atoms with Gasteiger partial charge in [-0.25, -0.2) is 9.78 Å². The molecule has 1 aliphatic heterocycles. The van der Waals surface area contributed by atoms with E-state index in [9.17, 15) is 9.59 Å². The van der Waals surface area contributed by atoms with Gasteiger partial charge in [-0.05, 0) is 38.8 Å². The van der Waals surface area contributed by atoms with Gasteiger partial charge >= 0.3 is 5.97 Å². The van der Waals surface area contributed by atoms with E-state index in [1.807, 2.05) is 12.3 Å². The second-order valence-electron chi connectivity index (χ2n) is 6.22. The van der Waals surface area contributed by atoms with Gasteiger partial charge in [0.1, 0.15) is 17.9 Å². The summed E-state index contributed by atoms with van der Waals surface area (Å²) in [5.41, 5.74) is 1.12. The van der Waals surface area contributed by atoms with Gasteiger partial charge in [-0.2, -0.15) is 0 Å². The summed E-state index contributed by atoms with van der Waals surface area (Å²) in [5.74, 6) is -0.286. The third-order valence-electron chi connectivity index (χ3n) is 4.20. The Bertz CT molecular complexity index is 783. The highest BCUT2D eigenvalue weighted by Crippen LogP contribution is 2.22. The zero-order valence-electron chi connectivity index (χ0n) is 14.9. The van der Waals surface area contributed by atoms with Crippen molar-refractivity contribution in [3.05, 3.63) is 45.9 Å². The van der Waals surface area contributed by atoms with Crippen LogP contribution in [0.25, 0.3) is 0 Å². The highest BCUT2D eigenvalue weighted by molar-refractivity contribution is 7.09. The molecule has 0 spiro atoms. The number of esters is 1. The molecule has 7 heteroatoms. The number of hydrogen-bond donors (Lipinski definition) is 0. The lowest BCUT2D eigenvalue weighted by Gasteiger charge is -2.20. The van der Waals surface area contributed by atoms with Gasteiger partial charge in [-0.15, -0.1) is 11.3 Å². The first-order valence-corrected chi connectivity index (χ1v) is 9.55. The Labute approximate surface area is 156 Å². The molecule has 26 heavy (non-hydrogen) atoms. The maximum absolute atomic E-state index is 12.5. The van der Waals surface area contributed by atoms with Crippen molar-refractivity contribution in [2.75, 3.05) is 13.1 Å². The van der Waals surface area contributed by atoms with Crippen molar-refractivity contribution >= 4 is 23.2 Å². The zero-order chi connectivity index (χ0) is 18.5. The predicted octanol–water partition coefficient (Wildman–Crippen LogP) is 3.20. The third kappa shape index (κ3) is 4.40. The standard InChI is InChI=1S/C19H22N2O4S/c1-13(18(22)21-9-5-6-10-21)25-19(23)16-7-3-4-8-17(16)24-11-15-12-26-14(2)20-15/h3-4,7-8,12-13H,5-6,9-11H2,1-2H3/t13-/m0/s1. The van der Waals surface area contributed by atoms with E-state index in [1.165, 1.54) is 0 Å². The normalized spacial score (nSPS) is 14.9. The Morgan fingerprint density at radius 1 is 1.27 bits per heavy atom. The van der Waals surface area contributed by atoms with Gasteiger partial charge in [-0.1, -0.05) is 12.1 Å². The number of thiazole rings is 1. The van der Waals surface area contributed by atoms with E-state index in [2.05, 4.69) is 4.98 Å². The fraction of sp³-hybridized carbons (Fsp3) is 0.421. The summed E-state index contributed by atoms with van der Waals surface area (Å²) in [5, 5.41) is 2.89. The molecule has 1 saturated heterocycles. The summed E-state index contributed by atoms with van der Waals surface area (Å²) >= 11 is 1.55. The first-order valence-electron chi connectivity index (χ1n) is 8.67. The summed E-state index contributed by atoms with van der Waals surface area (Å²) in [6.07, 6.45) is 1.19. The molecule has 3 rings (SSSR count). The lowest BCUT2D eigenvalue weighted by molar-refractivity contribution is -0.138. The van der Waals surface area contributed by atoms with Crippen molar-refractivity contribution in [1.82, 2.24) is 9.88 Å². The monoisotopic (exact) mass is 374 g/mol. The van der Waals surface area contributed by atoms with Crippen LogP contribution in [0.3, 0.4) is 0 Å². The van der Waals surface area contributed by atoms with E-state index in [0.29, 0.717) is 11.3 Å². The highest BCUT2D eigenvalue weighted by atomic mass is 32.1. The van der Waals surface area contributed by atoms with Gasteiger partial charge in [0, 0.05) is 18.5 Å². The molecule has 1 aromatic heterocycles. The van der Waals surface area contributed by atoms with Gasteiger partial charge in [0.15, 0.2) is 6.10 Å². The Balaban J connectivity index is 1.64. The Kier molecular flexibility index (Phi) is 5.88. The fourth-order valence-corrected chi connectivity index (χ4v) is 3.45. The van der Waals surface area contributed by atoms with Crippen molar-refractivity contribution < 1.29 is 19.1 Å². The van der Waals surface area contributed by atoms with Gasteiger partial charge in [0.05, 0.1) is 10.7 Å². The van der Waals surface area contributed by atoms with Crippen LogP contribution in [0.15, 0.2) is 29.6 Å². The maximum Gasteiger partial charge on any atom is 0.342 e. The van der Waals surface area contributed by atoms with Crippen LogP contribution in [0.2, 0.25) is 0 Å². The molecule has 0 radical (unpaired) electrons. The topological polar surface area (TPSA) is 68.7 Å². The number of carbonyl (C=O) groups excluding carboxylic acids is 2. The van der Waals surface area contributed by atoms with E-state index in [0.717, 1.165) is 36.6 Å². The number of benzene rings is 1. The fourth-order valence-electron chi connectivity index (χ4n) is 2.86. The molecule has 0 unspecified atom stereocenters. The summed E-state index contributed by atoms with van der Waals surface area (Å²) in [7, 11) is 0. The number of aromatic nitrogens is 1. The highest BCUT2D eigenvalue weighted by Gasteiger charge is 2.27. The molecule has 1 fully saturated rings. The predicted molar refractivity (Wildman–Crippen MR) is 98.3 cm³/mol. The number of nitrogens with zero attached hydrogens (tertiary/aromatic N) is 2. The lowest BCUT2D eigenvalue weighted by Crippen LogP contribution is -2.38. The van der Waals surface area contributed by atoms with Crippen molar-refractivity contribution in [2.45, 2.75) is 39.4 Å². The van der Waals surface area contributed by atoms with Gasteiger partial charge in [0.25, 0.3) is 5.91 Å². The number of likely N-dealkylation sites (tertiary alicyclic amines) is 1. The number of aryl methyl sites for hydroxylation is 1. The van der Waals surface area contributed by atoms with Crippen LogP contribution < -0.4 is 4.74 Å². The largest absolute Gasteiger partial charge is 0.486 e. The first-order chi connectivity index (χ1) is 12.5. The van der Waals surface area contributed by atoms with Gasteiger partial charge in [-0.3, -0.25) is 4.79 Å². The summed E-state index contributed by atoms with van der Waals surface area (Å²) < 4.78 is 11.1. The van der Waals surface area contributed by atoms with Crippen LogP contribution in [-0.4, -0.2) is 41.0 Å². The molecule has 6 nitrogen and oxygen atoms in total. The number of carbonyl (C=O) groups is 2. The summed E-state index contributed by atoms with van der Waals surface area (Å²) in [6.45, 7) is 5.27. The SMILES string of the molecule is Cc1nc(COc2ccccc2C(=O)O[C@@H](C)C(=O)N2CCCC2)cs1. The Morgan fingerprint density at radius 2 is 2.00 bits per heavy atom. The van der Waals surface area contributed by atoms with Crippen LogP contribution >= 0.6 is 11.3 Å². The van der Waals surface area contributed by atoms with Crippen molar-refractivity contribution in [3.63, 3.8) is 0 Å². The number of hydrogen-bond acceptors (Lipinski definition) is 6. The molecule has 2 aromatic rings. The second kappa shape index (κ2) is 8.31. The molecule has 0 aliphatic carbocycles. The van der Waals surface area contributed by atoms with Crippen LogP contribution in [0.5, 0.6) is 5.75 Å². The average Bonchev–Trinajstić information content (AvgIpc) is 3.31. The molecule has 0 saturated carbocycles. The number of amides is 1. The summed E-state index contributed by atoms with van der Waals surface area (Å²) in [4.78, 5) is 30.9. The molecule has 2 heterocycles. The van der Waals surface area contributed by atoms with Crippen molar-refractivity contribution in [3.8, 4) is 5.75 Å². The number of para-hydroxylation sites is 1. The van der Waals surface area contributed by atoms with Crippen LogP contribution in [0, 0.1) is 6.92 Å². The molecule has 1 atom stereocenters. The minimum absolute atomic E-state index is 0.146. The number of rotatable bonds is 6. The van der Waals surface area contributed by atoms with Crippen molar-refractivity contribution in [2.24, 2.45) is 0 Å². The van der Waals surface area contributed by atoms with E-state index in [1.54, 1.807) is 47.4 Å². The van der Waals surface area contributed by atoms with E-state index in [-0.39, 0.29) is 12.5 Å².